The maximum Gasteiger partial charge on any atom is 0.324 e. The van der Waals surface area contributed by atoms with Crippen LogP contribution in [0.4, 0.5) is 0 Å². The van der Waals surface area contributed by atoms with Crippen molar-refractivity contribution in [3.63, 3.8) is 0 Å². The molecule has 1 unspecified atom stereocenters. The van der Waals surface area contributed by atoms with Crippen molar-refractivity contribution in [3.8, 4) is 0 Å². The van der Waals surface area contributed by atoms with Gasteiger partial charge in [0.25, 0.3) is 0 Å². The van der Waals surface area contributed by atoms with Crippen LogP contribution >= 0.6 is 0 Å². The van der Waals surface area contributed by atoms with E-state index in [2.05, 4.69) is 5.32 Å². The van der Waals surface area contributed by atoms with E-state index in [4.69, 9.17) is 9.47 Å². The fraction of sp³-hybridized carbons (Fsp3) is 0.909. The fourth-order valence-electron chi connectivity index (χ4n) is 1.90. The van der Waals surface area contributed by atoms with Crippen LogP contribution < -0.4 is 5.32 Å². The van der Waals surface area contributed by atoms with Gasteiger partial charge in [-0.1, -0.05) is 6.92 Å². The van der Waals surface area contributed by atoms with Gasteiger partial charge in [-0.15, -0.1) is 0 Å². The van der Waals surface area contributed by atoms with E-state index in [0.29, 0.717) is 45.1 Å². The normalized spacial score (nSPS) is 21.6. The molecule has 0 aliphatic carbocycles. The summed E-state index contributed by atoms with van der Waals surface area (Å²) in [5.41, 5.74) is -0.805. The van der Waals surface area contributed by atoms with Crippen LogP contribution in [0.2, 0.25) is 0 Å². The van der Waals surface area contributed by atoms with Crippen molar-refractivity contribution in [1.82, 2.24) is 5.32 Å². The van der Waals surface area contributed by atoms with Crippen LogP contribution in [0.15, 0.2) is 0 Å². The van der Waals surface area contributed by atoms with Crippen molar-refractivity contribution in [1.29, 1.82) is 0 Å². The molecule has 1 saturated heterocycles. The number of rotatable bonds is 6. The van der Waals surface area contributed by atoms with Crippen LogP contribution in [0, 0.1) is 5.92 Å². The highest BCUT2D eigenvalue weighted by molar-refractivity contribution is 5.78. The van der Waals surface area contributed by atoms with Gasteiger partial charge in [-0.05, 0) is 18.8 Å². The first-order valence-corrected chi connectivity index (χ1v) is 5.66. The van der Waals surface area contributed by atoms with Gasteiger partial charge in [0.2, 0.25) is 0 Å². The summed E-state index contributed by atoms with van der Waals surface area (Å²) in [5, 5.41) is 12.4. The highest BCUT2D eigenvalue weighted by atomic mass is 16.5. The molecule has 5 nitrogen and oxygen atoms in total. The molecule has 16 heavy (non-hydrogen) atoms. The monoisotopic (exact) mass is 231 g/mol. The lowest BCUT2D eigenvalue weighted by atomic mass is 9.89. The minimum atomic E-state index is -0.805. The fourth-order valence-corrected chi connectivity index (χ4v) is 1.90. The molecular formula is C11H21NO4. The molecule has 1 rings (SSSR count). The Bertz CT molecular complexity index is 226. The van der Waals surface area contributed by atoms with Gasteiger partial charge in [0.05, 0.1) is 0 Å². The molecular weight excluding hydrogens is 210 g/mol. The number of carbonyl (C=O) groups is 1. The van der Waals surface area contributed by atoms with E-state index in [0.717, 1.165) is 0 Å². The zero-order valence-electron chi connectivity index (χ0n) is 9.99. The van der Waals surface area contributed by atoms with Crippen LogP contribution in [0.25, 0.3) is 0 Å². The highest BCUT2D eigenvalue weighted by Crippen LogP contribution is 2.21. The summed E-state index contributed by atoms with van der Waals surface area (Å²) in [7, 11) is 1.65. The van der Waals surface area contributed by atoms with Crippen molar-refractivity contribution in [2.75, 3.05) is 33.5 Å². The minimum absolute atomic E-state index is 0.309. The number of aliphatic carboxylic acids is 1. The first-order valence-electron chi connectivity index (χ1n) is 5.66. The number of carboxylic acid groups (broad SMARTS) is 1. The van der Waals surface area contributed by atoms with E-state index in [1.807, 2.05) is 6.92 Å². The molecule has 5 heteroatoms. The Morgan fingerprint density at radius 3 is 2.69 bits per heavy atom. The quantitative estimate of drug-likeness (QED) is 0.696. The number of hydrogen-bond acceptors (Lipinski definition) is 4. The molecule has 0 bridgehead atoms. The Kier molecular flexibility index (Phi) is 5.18. The van der Waals surface area contributed by atoms with Crippen molar-refractivity contribution in [2.24, 2.45) is 5.92 Å². The first kappa shape index (κ1) is 13.4. The summed E-state index contributed by atoms with van der Waals surface area (Å²) in [6, 6.07) is 0. The van der Waals surface area contributed by atoms with E-state index < -0.39 is 11.5 Å². The molecule has 0 aromatic rings. The second-order valence-electron chi connectivity index (χ2n) is 4.44. The predicted octanol–water partition coefficient (Wildman–Crippen LogP) is 0.492. The lowest BCUT2D eigenvalue weighted by Gasteiger charge is -2.34. The second-order valence-corrected chi connectivity index (χ2v) is 4.44. The summed E-state index contributed by atoms with van der Waals surface area (Å²) < 4.78 is 10.2. The molecule has 1 atom stereocenters. The molecule has 1 aliphatic rings. The highest BCUT2D eigenvalue weighted by Gasteiger charge is 2.39. The van der Waals surface area contributed by atoms with Crippen LogP contribution in [0.5, 0.6) is 0 Å². The summed E-state index contributed by atoms with van der Waals surface area (Å²) in [6.07, 6.45) is 1.06. The van der Waals surface area contributed by atoms with Crippen LogP contribution in [-0.2, 0) is 14.3 Å². The Morgan fingerprint density at radius 2 is 2.19 bits per heavy atom. The second kappa shape index (κ2) is 6.18. The third kappa shape index (κ3) is 3.43. The van der Waals surface area contributed by atoms with Crippen LogP contribution in [0.3, 0.4) is 0 Å². The molecule has 0 radical (unpaired) electrons. The molecule has 1 heterocycles. The summed E-state index contributed by atoms with van der Waals surface area (Å²) >= 11 is 0. The van der Waals surface area contributed by atoms with Gasteiger partial charge >= 0.3 is 5.97 Å². The van der Waals surface area contributed by atoms with Gasteiger partial charge in [0.1, 0.15) is 5.54 Å². The Balaban J connectivity index is 2.47. The lowest BCUT2D eigenvalue weighted by molar-refractivity contribution is -0.149. The van der Waals surface area contributed by atoms with E-state index in [-0.39, 0.29) is 0 Å². The SMILES string of the molecule is COCC(C)CNC1(C(=O)O)CCOCC1. The summed E-state index contributed by atoms with van der Waals surface area (Å²) in [5.74, 6) is -0.468. The van der Waals surface area contributed by atoms with Gasteiger partial charge in [-0.2, -0.15) is 0 Å². The smallest absolute Gasteiger partial charge is 0.324 e. The molecule has 0 spiro atoms. The van der Waals surface area contributed by atoms with Crippen molar-refractivity contribution in [2.45, 2.75) is 25.3 Å². The van der Waals surface area contributed by atoms with Crippen LogP contribution in [-0.4, -0.2) is 50.1 Å². The molecule has 0 saturated carbocycles. The summed E-state index contributed by atoms with van der Waals surface area (Å²) in [4.78, 5) is 11.3. The third-order valence-electron chi connectivity index (χ3n) is 3.00. The lowest BCUT2D eigenvalue weighted by Crippen LogP contribution is -2.56. The zero-order chi connectivity index (χ0) is 12.0. The van der Waals surface area contributed by atoms with Gasteiger partial charge in [0, 0.05) is 33.5 Å². The van der Waals surface area contributed by atoms with Gasteiger partial charge < -0.3 is 19.9 Å². The van der Waals surface area contributed by atoms with E-state index in [9.17, 15) is 9.90 Å². The van der Waals surface area contributed by atoms with Gasteiger partial charge in [0.15, 0.2) is 0 Å². The third-order valence-corrected chi connectivity index (χ3v) is 3.00. The Hall–Kier alpha value is -0.650. The standard InChI is InChI=1S/C11H21NO4/c1-9(8-15-2)7-12-11(10(13)14)3-5-16-6-4-11/h9,12H,3-8H2,1-2H3,(H,13,14). The van der Waals surface area contributed by atoms with Gasteiger partial charge in [-0.25, -0.2) is 0 Å². The largest absolute Gasteiger partial charge is 0.480 e. The predicted molar refractivity (Wildman–Crippen MR) is 59.5 cm³/mol. The average Bonchev–Trinajstić information content (AvgIpc) is 2.28. The Morgan fingerprint density at radius 1 is 1.56 bits per heavy atom. The molecule has 2 N–H and O–H groups in total. The summed E-state index contributed by atoms with van der Waals surface area (Å²) in [6.45, 7) is 4.35. The number of hydrogen-bond donors (Lipinski definition) is 2. The molecule has 0 aromatic heterocycles. The average molecular weight is 231 g/mol. The van der Waals surface area contributed by atoms with Gasteiger partial charge in [-0.3, -0.25) is 4.79 Å². The van der Waals surface area contributed by atoms with Crippen molar-refractivity contribution in [3.05, 3.63) is 0 Å². The topological polar surface area (TPSA) is 67.8 Å². The maximum absolute atomic E-state index is 11.3. The minimum Gasteiger partial charge on any atom is -0.480 e. The molecule has 1 aliphatic heterocycles. The first-order chi connectivity index (χ1) is 7.60. The maximum atomic E-state index is 11.3. The number of methoxy groups -OCH3 is 1. The molecule has 94 valence electrons. The zero-order valence-corrected chi connectivity index (χ0v) is 9.99. The number of carboxylic acids is 1. The molecule has 1 fully saturated rings. The van der Waals surface area contributed by atoms with E-state index in [1.165, 1.54) is 0 Å². The molecule has 0 amide bonds. The van der Waals surface area contributed by atoms with Crippen LogP contribution in [0.1, 0.15) is 19.8 Å². The number of nitrogens with one attached hydrogen (secondary N) is 1. The van der Waals surface area contributed by atoms with E-state index in [1.54, 1.807) is 7.11 Å². The van der Waals surface area contributed by atoms with Crippen molar-refractivity contribution >= 4 is 5.97 Å². The Labute approximate surface area is 96.1 Å². The van der Waals surface area contributed by atoms with E-state index >= 15 is 0 Å². The van der Waals surface area contributed by atoms with Crippen molar-refractivity contribution < 1.29 is 19.4 Å². The molecule has 0 aromatic carbocycles. The number of ether oxygens (including phenoxy) is 2.